The zero-order chi connectivity index (χ0) is 23.1. The van der Waals surface area contributed by atoms with Gasteiger partial charge in [-0.25, -0.2) is 8.42 Å². The van der Waals surface area contributed by atoms with E-state index in [-0.39, 0.29) is 24.4 Å². The summed E-state index contributed by atoms with van der Waals surface area (Å²) in [6, 6.07) is 21.9. The Labute approximate surface area is 200 Å². The Morgan fingerprint density at radius 2 is 1.56 bits per heavy atom. The van der Waals surface area contributed by atoms with Crippen LogP contribution in [0.4, 0.5) is 5.69 Å². The first-order chi connectivity index (χ1) is 15.3. The normalized spacial score (nSPS) is 11.2. The van der Waals surface area contributed by atoms with Gasteiger partial charge in [0.05, 0.1) is 23.9 Å². The fraction of sp³-hybridized carbons (Fsp3) is 0.130. The van der Waals surface area contributed by atoms with Crippen LogP contribution in [-0.2, 0) is 27.8 Å². The third-order valence-electron chi connectivity index (χ3n) is 4.56. The number of benzene rings is 3. The fourth-order valence-electron chi connectivity index (χ4n) is 2.93. The molecule has 0 aliphatic rings. The van der Waals surface area contributed by atoms with Crippen molar-refractivity contribution in [2.75, 3.05) is 11.9 Å². The molecule has 3 rings (SSSR count). The van der Waals surface area contributed by atoms with Crippen LogP contribution in [-0.4, -0.2) is 25.2 Å². The van der Waals surface area contributed by atoms with Crippen molar-refractivity contribution in [2.24, 2.45) is 0 Å². The average Bonchev–Trinajstić information content (AvgIpc) is 2.76. The van der Waals surface area contributed by atoms with Crippen LogP contribution in [0.25, 0.3) is 0 Å². The van der Waals surface area contributed by atoms with Crippen molar-refractivity contribution in [2.45, 2.75) is 17.9 Å². The minimum Gasteiger partial charge on any atom is -0.325 e. The number of rotatable bonds is 8. The number of nitriles is 1. The van der Waals surface area contributed by atoms with Crippen molar-refractivity contribution in [1.82, 2.24) is 4.31 Å². The second kappa shape index (κ2) is 10.7. The molecule has 0 aromatic heterocycles. The lowest BCUT2D eigenvalue weighted by molar-refractivity contribution is -0.116. The molecule has 0 bridgehead atoms. The van der Waals surface area contributed by atoms with Gasteiger partial charge < -0.3 is 5.32 Å². The Hall–Kier alpha value is -2.70. The molecule has 0 unspecified atom stereocenters. The Bertz CT molecular complexity index is 1220. The summed E-state index contributed by atoms with van der Waals surface area (Å²) >= 11 is 9.24. The molecule has 3 aromatic rings. The molecule has 0 aliphatic carbocycles. The van der Waals surface area contributed by atoms with Crippen LogP contribution in [0.5, 0.6) is 0 Å². The quantitative estimate of drug-likeness (QED) is 0.442. The monoisotopic (exact) mass is 531 g/mol. The summed E-state index contributed by atoms with van der Waals surface area (Å²) in [5.74, 6) is -0.479. The number of carbonyl (C=O) groups excluding carboxylic acids is 1. The van der Waals surface area contributed by atoms with Gasteiger partial charge in [-0.15, -0.1) is 0 Å². The van der Waals surface area contributed by atoms with Gasteiger partial charge in [0.2, 0.25) is 15.9 Å². The first kappa shape index (κ1) is 24.0. The molecule has 164 valence electrons. The molecule has 0 heterocycles. The molecule has 0 saturated carbocycles. The van der Waals surface area contributed by atoms with E-state index in [9.17, 15) is 13.2 Å². The van der Waals surface area contributed by atoms with Crippen LogP contribution >= 0.6 is 27.5 Å². The summed E-state index contributed by atoms with van der Waals surface area (Å²) in [5, 5.41) is 12.0. The molecule has 9 heteroatoms. The maximum atomic E-state index is 13.3. The number of carbonyl (C=O) groups is 1. The van der Waals surface area contributed by atoms with Gasteiger partial charge in [0.25, 0.3) is 0 Å². The van der Waals surface area contributed by atoms with Gasteiger partial charge in [0.15, 0.2) is 0 Å². The van der Waals surface area contributed by atoms with Crippen molar-refractivity contribution >= 4 is 49.1 Å². The van der Waals surface area contributed by atoms with E-state index in [1.807, 2.05) is 0 Å². The predicted octanol–water partition coefficient (Wildman–Crippen LogP) is 5.00. The number of hydrogen-bond acceptors (Lipinski definition) is 4. The molecule has 0 spiro atoms. The highest BCUT2D eigenvalue weighted by atomic mass is 79.9. The molecule has 1 N–H and O–H groups in total. The molecule has 0 atom stereocenters. The molecule has 0 fully saturated rings. The second-order valence-electron chi connectivity index (χ2n) is 6.93. The number of nitrogens with zero attached hydrogens (tertiary/aromatic N) is 2. The lowest BCUT2D eigenvalue weighted by Crippen LogP contribution is -2.37. The van der Waals surface area contributed by atoms with E-state index in [1.54, 1.807) is 60.7 Å². The van der Waals surface area contributed by atoms with Crippen molar-refractivity contribution in [3.8, 4) is 6.07 Å². The largest absolute Gasteiger partial charge is 0.325 e. The number of amides is 1. The first-order valence-corrected chi connectivity index (χ1v) is 12.1. The van der Waals surface area contributed by atoms with E-state index < -0.39 is 15.9 Å². The van der Waals surface area contributed by atoms with Crippen molar-refractivity contribution in [1.29, 1.82) is 5.26 Å². The Morgan fingerprint density at radius 3 is 2.16 bits per heavy atom. The number of sulfonamides is 1. The fourth-order valence-corrected chi connectivity index (χ4v) is 4.71. The number of anilines is 1. The van der Waals surface area contributed by atoms with Crippen LogP contribution in [0.3, 0.4) is 0 Å². The lowest BCUT2D eigenvalue weighted by atomic mass is 10.1. The molecule has 0 aliphatic heterocycles. The van der Waals surface area contributed by atoms with Crippen molar-refractivity contribution in [3.63, 3.8) is 0 Å². The maximum absolute atomic E-state index is 13.3. The molecular weight excluding hydrogens is 514 g/mol. The van der Waals surface area contributed by atoms with Gasteiger partial charge in [-0.1, -0.05) is 51.8 Å². The zero-order valence-corrected chi connectivity index (χ0v) is 20.0. The molecule has 0 saturated heterocycles. The van der Waals surface area contributed by atoms with Crippen molar-refractivity contribution < 1.29 is 13.2 Å². The summed E-state index contributed by atoms with van der Waals surface area (Å²) in [5.41, 5.74) is 2.04. The number of halogens is 2. The summed E-state index contributed by atoms with van der Waals surface area (Å²) < 4.78 is 28.5. The highest BCUT2D eigenvalue weighted by Gasteiger charge is 2.27. The van der Waals surface area contributed by atoms with Gasteiger partial charge in [-0.05, 0) is 59.7 Å². The molecule has 32 heavy (non-hydrogen) atoms. The number of hydrogen-bond donors (Lipinski definition) is 1. The highest BCUT2D eigenvalue weighted by Crippen LogP contribution is 2.22. The standard InChI is InChI=1S/C23H19BrClN3O3S/c24-19-5-11-22(12-6-19)32(30,31)28(15-18-1-7-20(25)8-2-18)16-23(29)27-21-9-3-17(4-10-21)13-14-26/h1-12H,13,15-16H2,(H,27,29). The molecule has 1 amide bonds. The molecular formula is C23H19BrClN3O3S. The Kier molecular flexibility index (Phi) is 8.04. The highest BCUT2D eigenvalue weighted by molar-refractivity contribution is 9.10. The SMILES string of the molecule is N#CCc1ccc(NC(=O)CN(Cc2ccc(Cl)cc2)S(=O)(=O)c2ccc(Br)cc2)cc1. The number of nitrogens with one attached hydrogen (secondary N) is 1. The van der Waals surface area contributed by atoms with Gasteiger partial charge in [0.1, 0.15) is 0 Å². The summed E-state index contributed by atoms with van der Waals surface area (Å²) in [6.45, 7) is -0.370. The third-order valence-corrected chi connectivity index (χ3v) is 7.15. The minimum absolute atomic E-state index is 0.00406. The smallest absolute Gasteiger partial charge is 0.243 e. The summed E-state index contributed by atoms with van der Waals surface area (Å²) in [6.07, 6.45) is 0.272. The zero-order valence-electron chi connectivity index (χ0n) is 16.8. The van der Waals surface area contributed by atoms with Crippen LogP contribution < -0.4 is 5.32 Å². The average molecular weight is 533 g/mol. The minimum atomic E-state index is -3.94. The van der Waals surface area contributed by atoms with Crippen LogP contribution in [0.1, 0.15) is 11.1 Å². The van der Waals surface area contributed by atoms with Crippen molar-refractivity contribution in [3.05, 3.63) is 93.4 Å². The lowest BCUT2D eigenvalue weighted by Gasteiger charge is -2.22. The van der Waals surface area contributed by atoms with E-state index in [0.717, 1.165) is 14.3 Å². The van der Waals surface area contributed by atoms with Crippen LogP contribution in [0.15, 0.2) is 82.2 Å². The maximum Gasteiger partial charge on any atom is 0.243 e. The van der Waals surface area contributed by atoms with E-state index in [4.69, 9.17) is 16.9 Å². The van der Waals surface area contributed by atoms with Gasteiger partial charge >= 0.3 is 0 Å². The molecule has 3 aromatic carbocycles. The van der Waals surface area contributed by atoms with E-state index in [0.29, 0.717) is 16.3 Å². The Morgan fingerprint density at radius 1 is 0.969 bits per heavy atom. The first-order valence-electron chi connectivity index (χ1n) is 9.54. The van der Waals surface area contributed by atoms with Gasteiger partial charge in [0, 0.05) is 21.7 Å². The second-order valence-corrected chi connectivity index (χ2v) is 10.2. The van der Waals surface area contributed by atoms with E-state index in [1.165, 1.54) is 12.1 Å². The summed E-state index contributed by atoms with van der Waals surface area (Å²) in [7, 11) is -3.94. The van der Waals surface area contributed by atoms with Gasteiger partial charge in [-0.2, -0.15) is 9.57 Å². The topological polar surface area (TPSA) is 90.3 Å². The molecule has 0 radical (unpaired) electrons. The van der Waals surface area contributed by atoms with E-state index in [2.05, 4.69) is 27.3 Å². The Balaban J connectivity index is 1.82. The van der Waals surface area contributed by atoms with Crippen LogP contribution in [0.2, 0.25) is 5.02 Å². The van der Waals surface area contributed by atoms with E-state index >= 15 is 0 Å². The van der Waals surface area contributed by atoms with Crippen LogP contribution in [0, 0.1) is 11.3 Å². The predicted molar refractivity (Wildman–Crippen MR) is 128 cm³/mol. The summed E-state index contributed by atoms with van der Waals surface area (Å²) in [4.78, 5) is 12.8. The van der Waals surface area contributed by atoms with Gasteiger partial charge in [-0.3, -0.25) is 4.79 Å². The molecule has 6 nitrogen and oxygen atoms in total. The third kappa shape index (κ3) is 6.40.